The SMILES string of the molecule is O=C(N/N=C\c1ccc2ccccc2c1O)c1ccc(Br)o1. The minimum atomic E-state index is -0.470. The van der Waals surface area contributed by atoms with Crippen molar-refractivity contribution in [3.63, 3.8) is 0 Å². The first-order valence-electron chi connectivity index (χ1n) is 6.44. The summed E-state index contributed by atoms with van der Waals surface area (Å²) in [6, 6.07) is 14.2. The summed E-state index contributed by atoms with van der Waals surface area (Å²) in [6.45, 7) is 0. The Hall–Kier alpha value is -2.60. The molecule has 0 saturated heterocycles. The zero-order chi connectivity index (χ0) is 15.5. The summed E-state index contributed by atoms with van der Waals surface area (Å²) >= 11 is 3.12. The molecule has 0 bridgehead atoms. The van der Waals surface area contributed by atoms with Crippen LogP contribution >= 0.6 is 15.9 Å². The maximum Gasteiger partial charge on any atom is 0.307 e. The summed E-state index contributed by atoms with van der Waals surface area (Å²) in [6.07, 6.45) is 1.39. The van der Waals surface area contributed by atoms with E-state index in [9.17, 15) is 9.90 Å². The highest BCUT2D eigenvalue weighted by Gasteiger charge is 2.09. The number of carbonyl (C=O) groups is 1. The van der Waals surface area contributed by atoms with E-state index in [1.807, 2.05) is 30.3 Å². The number of amides is 1. The maximum absolute atomic E-state index is 11.7. The fraction of sp³-hybridized carbons (Fsp3) is 0. The molecule has 3 rings (SSSR count). The van der Waals surface area contributed by atoms with Crippen molar-refractivity contribution in [3.8, 4) is 5.75 Å². The van der Waals surface area contributed by atoms with E-state index < -0.39 is 5.91 Å². The monoisotopic (exact) mass is 358 g/mol. The molecule has 0 atom stereocenters. The van der Waals surface area contributed by atoms with Gasteiger partial charge in [-0.05, 0) is 39.5 Å². The van der Waals surface area contributed by atoms with Gasteiger partial charge in [-0.2, -0.15) is 5.10 Å². The second kappa shape index (κ2) is 6.03. The molecule has 1 amide bonds. The summed E-state index contributed by atoms with van der Waals surface area (Å²) in [7, 11) is 0. The fourth-order valence-electron chi connectivity index (χ4n) is 2.03. The van der Waals surface area contributed by atoms with Gasteiger partial charge in [0.05, 0.1) is 6.21 Å². The van der Waals surface area contributed by atoms with Gasteiger partial charge in [-0.3, -0.25) is 4.79 Å². The van der Waals surface area contributed by atoms with Gasteiger partial charge in [-0.25, -0.2) is 5.43 Å². The van der Waals surface area contributed by atoms with Gasteiger partial charge in [0.1, 0.15) is 5.75 Å². The minimum absolute atomic E-state index is 0.122. The Labute approximate surface area is 134 Å². The lowest BCUT2D eigenvalue weighted by Gasteiger charge is -2.03. The Morgan fingerprint density at radius 2 is 2.00 bits per heavy atom. The second-order valence-corrected chi connectivity index (χ2v) is 5.31. The van der Waals surface area contributed by atoms with Gasteiger partial charge >= 0.3 is 5.91 Å². The van der Waals surface area contributed by atoms with Crippen LogP contribution in [0, 0.1) is 0 Å². The summed E-state index contributed by atoms with van der Waals surface area (Å²) in [5.74, 6) is -0.203. The lowest BCUT2D eigenvalue weighted by molar-refractivity contribution is 0.0926. The molecule has 3 aromatic rings. The quantitative estimate of drug-likeness (QED) is 0.554. The van der Waals surface area contributed by atoms with Crippen LogP contribution in [0.5, 0.6) is 5.75 Å². The number of carbonyl (C=O) groups excluding carboxylic acids is 1. The van der Waals surface area contributed by atoms with Gasteiger partial charge in [0.2, 0.25) is 0 Å². The average Bonchev–Trinajstić information content (AvgIpc) is 2.96. The zero-order valence-electron chi connectivity index (χ0n) is 11.3. The van der Waals surface area contributed by atoms with Gasteiger partial charge in [0.15, 0.2) is 10.4 Å². The number of hydrogen-bond donors (Lipinski definition) is 2. The molecule has 0 saturated carbocycles. The van der Waals surface area contributed by atoms with Crippen molar-refractivity contribution in [1.29, 1.82) is 0 Å². The van der Waals surface area contributed by atoms with Crippen LogP contribution in [0.2, 0.25) is 0 Å². The highest BCUT2D eigenvalue weighted by molar-refractivity contribution is 9.10. The third kappa shape index (κ3) is 2.87. The van der Waals surface area contributed by atoms with Crippen molar-refractivity contribution in [1.82, 2.24) is 5.43 Å². The van der Waals surface area contributed by atoms with Crippen molar-refractivity contribution in [3.05, 3.63) is 64.5 Å². The van der Waals surface area contributed by atoms with Crippen molar-refractivity contribution in [2.75, 3.05) is 0 Å². The van der Waals surface area contributed by atoms with Gasteiger partial charge in [-0.15, -0.1) is 0 Å². The first-order chi connectivity index (χ1) is 10.6. The number of aromatic hydroxyl groups is 1. The maximum atomic E-state index is 11.7. The lowest BCUT2D eigenvalue weighted by Crippen LogP contribution is -2.16. The molecule has 0 fully saturated rings. The van der Waals surface area contributed by atoms with E-state index in [1.165, 1.54) is 12.3 Å². The second-order valence-electron chi connectivity index (χ2n) is 4.53. The van der Waals surface area contributed by atoms with Crippen molar-refractivity contribution in [2.24, 2.45) is 5.10 Å². The smallest absolute Gasteiger partial charge is 0.307 e. The van der Waals surface area contributed by atoms with E-state index in [4.69, 9.17) is 4.42 Å². The number of rotatable bonds is 3. The number of benzene rings is 2. The van der Waals surface area contributed by atoms with Crippen LogP contribution in [-0.4, -0.2) is 17.2 Å². The molecule has 2 aromatic carbocycles. The average molecular weight is 359 g/mol. The van der Waals surface area contributed by atoms with Crippen molar-refractivity contribution < 1.29 is 14.3 Å². The fourth-order valence-corrected chi connectivity index (χ4v) is 2.33. The van der Waals surface area contributed by atoms with E-state index >= 15 is 0 Å². The molecule has 5 nitrogen and oxygen atoms in total. The van der Waals surface area contributed by atoms with Crippen LogP contribution in [0.25, 0.3) is 10.8 Å². The van der Waals surface area contributed by atoms with Gasteiger partial charge < -0.3 is 9.52 Å². The van der Waals surface area contributed by atoms with Crippen LogP contribution in [0.15, 0.2) is 62.7 Å². The molecular weight excluding hydrogens is 348 g/mol. The molecule has 22 heavy (non-hydrogen) atoms. The van der Waals surface area contributed by atoms with Crippen molar-refractivity contribution in [2.45, 2.75) is 0 Å². The number of fused-ring (bicyclic) bond motifs is 1. The van der Waals surface area contributed by atoms with E-state index in [0.717, 1.165) is 10.8 Å². The molecule has 6 heteroatoms. The molecule has 2 N–H and O–H groups in total. The zero-order valence-corrected chi connectivity index (χ0v) is 12.9. The molecule has 0 spiro atoms. The van der Waals surface area contributed by atoms with Gasteiger partial charge in [0.25, 0.3) is 0 Å². The predicted octanol–water partition coefficient (Wildman–Crippen LogP) is 3.66. The van der Waals surface area contributed by atoms with Crippen LogP contribution in [-0.2, 0) is 0 Å². The molecule has 0 unspecified atom stereocenters. The molecular formula is C16H11BrN2O3. The van der Waals surface area contributed by atoms with Crippen LogP contribution in [0.1, 0.15) is 16.1 Å². The molecule has 1 heterocycles. The Kier molecular flexibility index (Phi) is 3.93. The molecule has 0 aliphatic rings. The van der Waals surface area contributed by atoms with Crippen molar-refractivity contribution >= 4 is 38.8 Å². The van der Waals surface area contributed by atoms with E-state index in [2.05, 4.69) is 26.5 Å². The number of phenolic OH excluding ortho intramolecular Hbond substituents is 1. The van der Waals surface area contributed by atoms with Gasteiger partial charge in [-0.1, -0.05) is 30.3 Å². The summed E-state index contributed by atoms with van der Waals surface area (Å²) < 4.78 is 5.58. The Morgan fingerprint density at radius 1 is 1.18 bits per heavy atom. The Morgan fingerprint density at radius 3 is 2.77 bits per heavy atom. The number of hydrazone groups is 1. The first-order valence-corrected chi connectivity index (χ1v) is 7.24. The van der Waals surface area contributed by atoms with Crippen LogP contribution in [0.3, 0.4) is 0 Å². The Balaban J connectivity index is 1.78. The van der Waals surface area contributed by atoms with Crippen LogP contribution in [0.4, 0.5) is 0 Å². The number of phenols is 1. The normalized spacial score (nSPS) is 11.1. The highest BCUT2D eigenvalue weighted by atomic mass is 79.9. The molecule has 0 aliphatic heterocycles. The number of hydrogen-bond acceptors (Lipinski definition) is 4. The molecule has 0 radical (unpaired) electrons. The number of nitrogens with one attached hydrogen (secondary N) is 1. The van der Waals surface area contributed by atoms with E-state index in [1.54, 1.807) is 12.1 Å². The highest BCUT2D eigenvalue weighted by Crippen LogP contribution is 2.27. The van der Waals surface area contributed by atoms with Crippen LogP contribution < -0.4 is 5.43 Å². The topological polar surface area (TPSA) is 74.8 Å². The van der Waals surface area contributed by atoms with E-state index in [-0.39, 0.29) is 11.5 Å². The number of nitrogens with zero attached hydrogens (tertiary/aromatic N) is 1. The number of furan rings is 1. The van der Waals surface area contributed by atoms with E-state index in [0.29, 0.717) is 10.2 Å². The summed E-state index contributed by atoms with van der Waals surface area (Å²) in [5.41, 5.74) is 2.85. The standard InChI is InChI=1S/C16H11BrN2O3/c17-14-8-7-13(22-14)16(21)19-18-9-11-6-5-10-3-1-2-4-12(10)15(11)20/h1-9,20H,(H,19,21)/b18-9-. The Bertz CT molecular complexity index is 871. The minimum Gasteiger partial charge on any atom is -0.507 e. The summed E-state index contributed by atoms with van der Waals surface area (Å²) in [5, 5.41) is 15.7. The largest absolute Gasteiger partial charge is 0.507 e. The molecule has 0 aliphatic carbocycles. The lowest BCUT2D eigenvalue weighted by atomic mass is 10.1. The predicted molar refractivity (Wildman–Crippen MR) is 87.1 cm³/mol. The van der Waals surface area contributed by atoms with Gasteiger partial charge in [0, 0.05) is 10.9 Å². The third-order valence-electron chi connectivity index (χ3n) is 3.10. The molecule has 110 valence electrons. The first kappa shape index (κ1) is 14.3. The third-order valence-corrected chi connectivity index (χ3v) is 3.52. The number of halogens is 1. The molecule has 1 aromatic heterocycles. The summed E-state index contributed by atoms with van der Waals surface area (Å²) in [4.78, 5) is 11.7.